The predicted molar refractivity (Wildman–Crippen MR) is 121 cm³/mol. The van der Waals surface area contributed by atoms with Gasteiger partial charge in [0, 0.05) is 23.3 Å². The summed E-state index contributed by atoms with van der Waals surface area (Å²) in [4.78, 5) is 27.8. The van der Waals surface area contributed by atoms with E-state index in [1.807, 2.05) is 41.6 Å². The molecule has 0 saturated heterocycles. The van der Waals surface area contributed by atoms with Crippen molar-refractivity contribution in [3.63, 3.8) is 0 Å². The Morgan fingerprint density at radius 2 is 1.87 bits per heavy atom. The molecule has 160 valence electrons. The highest BCUT2D eigenvalue weighted by Crippen LogP contribution is 2.37. The van der Waals surface area contributed by atoms with Gasteiger partial charge in [0.25, 0.3) is 0 Å². The zero-order chi connectivity index (χ0) is 21.8. The number of rotatable bonds is 5. The molecule has 4 rings (SSSR count). The fourth-order valence-electron chi connectivity index (χ4n) is 3.95. The normalized spacial score (nSPS) is 14.9. The highest BCUT2D eigenvalue weighted by atomic mass is 32.2. The van der Waals surface area contributed by atoms with Crippen LogP contribution in [0.2, 0.25) is 0 Å². The van der Waals surface area contributed by atoms with E-state index in [2.05, 4.69) is 51.0 Å². The van der Waals surface area contributed by atoms with Crippen LogP contribution in [0.25, 0.3) is 5.69 Å². The van der Waals surface area contributed by atoms with Gasteiger partial charge < -0.3 is 19.5 Å². The van der Waals surface area contributed by atoms with Gasteiger partial charge in [0.05, 0.1) is 31.8 Å². The SMILES string of the molecule is COC(=O)CCNC(=O)N1Cc2ccccc2-n2cccc2[C@@H]1c1ccc(SC)cc1. The third-order valence-corrected chi connectivity index (χ3v) is 6.23. The van der Waals surface area contributed by atoms with Gasteiger partial charge in [0.2, 0.25) is 0 Å². The molecule has 0 aliphatic carbocycles. The van der Waals surface area contributed by atoms with E-state index in [0.29, 0.717) is 6.54 Å². The molecule has 1 aromatic heterocycles. The largest absolute Gasteiger partial charge is 0.469 e. The summed E-state index contributed by atoms with van der Waals surface area (Å²) in [6, 6.07) is 20.0. The molecule has 2 aromatic carbocycles. The number of carbonyl (C=O) groups is 2. The second kappa shape index (κ2) is 9.31. The number of nitrogens with zero attached hydrogens (tertiary/aromatic N) is 2. The minimum Gasteiger partial charge on any atom is -0.469 e. The van der Waals surface area contributed by atoms with E-state index in [1.54, 1.807) is 11.8 Å². The summed E-state index contributed by atoms with van der Waals surface area (Å²) < 4.78 is 6.84. The summed E-state index contributed by atoms with van der Waals surface area (Å²) >= 11 is 1.69. The van der Waals surface area contributed by atoms with E-state index >= 15 is 0 Å². The number of amides is 2. The third kappa shape index (κ3) is 4.32. The Hall–Kier alpha value is -3.19. The topological polar surface area (TPSA) is 63.6 Å². The Balaban J connectivity index is 1.74. The van der Waals surface area contributed by atoms with Crippen molar-refractivity contribution >= 4 is 23.8 Å². The number of hydrogen-bond donors (Lipinski definition) is 1. The van der Waals surface area contributed by atoms with Gasteiger partial charge in [-0.25, -0.2) is 4.79 Å². The van der Waals surface area contributed by atoms with Crippen LogP contribution in [0.1, 0.15) is 29.3 Å². The van der Waals surface area contributed by atoms with Gasteiger partial charge in [-0.3, -0.25) is 4.79 Å². The Kier molecular flexibility index (Phi) is 6.32. The zero-order valence-electron chi connectivity index (χ0n) is 17.6. The first-order chi connectivity index (χ1) is 15.1. The Morgan fingerprint density at radius 3 is 2.61 bits per heavy atom. The van der Waals surface area contributed by atoms with Crippen molar-refractivity contribution in [1.82, 2.24) is 14.8 Å². The number of urea groups is 1. The molecule has 0 fully saturated rings. The first kappa shape index (κ1) is 21.1. The van der Waals surface area contributed by atoms with Crippen LogP contribution < -0.4 is 5.32 Å². The van der Waals surface area contributed by atoms with Crippen molar-refractivity contribution in [2.75, 3.05) is 19.9 Å². The summed E-state index contributed by atoms with van der Waals surface area (Å²) in [6.07, 6.45) is 4.22. The van der Waals surface area contributed by atoms with Gasteiger partial charge in [0.15, 0.2) is 0 Å². The number of esters is 1. The Bertz CT molecular complexity index is 1080. The second-order valence-electron chi connectivity index (χ2n) is 7.29. The first-order valence-corrected chi connectivity index (χ1v) is 11.4. The molecule has 1 atom stereocenters. The lowest BCUT2D eigenvalue weighted by Gasteiger charge is -2.31. The van der Waals surface area contributed by atoms with E-state index in [9.17, 15) is 9.59 Å². The average Bonchev–Trinajstić information content (AvgIpc) is 3.23. The number of ether oxygens (including phenoxy) is 1. The Labute approximate surface area is 186 Å². The molecule has 2 amide bonds. The Morgan fingerprint density at radius 1 is 1.10 bits per heavy atom. The number of carbonyl (C=O) groups excluding carboxylic acids is 2. The van der Waals surface area contributed by atoms with Crippen LogP contribution in [-0.2, 0) is 16.1 Å². The molecule has 1 aliphatic heterocycles. The fourth-order valence-corrected chi connectivity index (χ4v) is 4.36. The van der Waals surface area contributed by atoms with E-state index < -0.39 is 0 Å². The quantitative estimate of drug-likeness (QED) is 0.477. The lowest BCUT2D eigenvalue weighted by Crippen LogP contribution is -2.42. The minimum absolute atomic E-state index is 0.135. The van der Waals surface area contributed by atoms with Crippen molar-refractivity contribution < 1.29 is 14.3 Å². The molecule has 3 aromatic rings. The van der Waals surface area contributed by atoms with Crippen molar-refractivity contribution in [3.8, 4) is 5.69 Å². The fraction of sp³-hybridized carbons (Fsp3) is 0.250. The number of nitrogens with one attached hydrogen (secondary N) is 1. The molecule has 0 unspecified atom stereocenters. The zero-order valence-corrected chi connectivity index (χ0v) is 18.4. The third-order valence-electron chi connectivity index (χ3n) is 5.49. The maximum absolute atomic E-state index is 13.3. The van der Waals surface area contributed by atoms with Gasteiger partial charge in [0.1, 0.15) is 0 Å². The molecule has 2 heterocycles. The summed E-state index contributed by atoms with van der Waals surface area (Å²) in [5, 5.41) is 2.89. The number of benzene rings is 2. The van der Waals surface area contributed by atoms with Crippen LogP contribution >= 0.6 is 11.8 Å². The maximum atomic E-state index is 13.3. The van der Waals surface area contributed by atoms with Crippen molar-refractivity contribution in [3.05, 3.63) is 83.7 Å². The molecule has 1 N–H and O–H groups in total. The monoisotopic (exact) mass is 435 g/mol. The van der Waals surface area contributed by atoms with Crippen LogP contribution in [0.5, 0.6) is 0 Å². The molecular formula is C24H25N3O3S. The van der Waals surface area contributed by atoms with Gasteiger partial charge in [-0.2, -0.15) is 0 Å². The van der Waals surface area contributed by atoms with Gasteiger partial charge in [-0.15, -0.1) is 11.8 Å². The highest BCUT2D eigenvalue weighted by molar-refractivity contribution is 7.98. The van der Waals surface area contributed by atoms with E-state index in [1.165, 1.54) is 12.0 Å². The van der Waals surface area contributed by atoms with Crippen LogP contribution in [0.4, 0.5) is 4.79 Å². The highest BCUT2D eigenvalue weighted by Gasteiger charge is 2.32. The summed E-state index contributed by atoms with van der Waals surface area (Å²) in [5.41, 5.74) is 4.18. The number of hydrogen-bond acceptors (Lipinski definition) is 4. The number of para-hydroxylation sites is 1. The lowest BCUT2D eigenvalue weighted by atomic mass is 10.0. The van der Waals surface area contributed by atoms with Crippen LogP contribution in [0.3, 0.4) is 0 Å². The molecular weight excluding hydrogens is 410 g/mol. The van der Waals surface area contributed by atoms with E-state index in [-0.39, 0.29) is 31.0 Å². The van der Waals surface area contributed by atoms with E-state index in [0.717, 1.165) is 22.5 Å². The van der Waals surface area contributed by atoms with Gasteiger partial charge in [-0.05, 0) is 47.7 Å². The smallest absolute Gasteiger partial charge is 0.318 e. The first-order valence-electron chi connectivity index (χ1n) is 10.1. The molecule has 0 spiro atoms. The van der Waals surface area contributed by atoms with Crippen LogP contribution in [-0.4, -0.2) is 41.4 Å². The standard InChI is InChI=1S/C24H25N3O3S/c1-30-22(28)13-14-25-24(29)27-16-18-6-3-4-7-20(18)26-15-5-8-21(26)23(27)17-9-11-19(31-2)12-10-17/h3-12,15,23H,13-14,16H2,1-2H3,(H,25,29)/t23-/m0/s1. The average molecular weight is 436 g/mol. The molecule has 31 heavy (non-hydrogen) atoms. The summed E-state index contributed by atoms with van der Waals surface area (Å²) in [6.45, 7) is 0.680. The number of thioether (sulfide) groups is 1. The summed E-state index contributed by atoms with van der Waals surface area (Å²) in [5.74, 6) is -0.348. The molecule has 0 radical (unpaired) electrons. The molecule has 0 saturated carbocycles. The summed E-state index contributed by atoms with van der Waals surface area (Å²) in [7, 11) is 1.35. The molecule has 7 heteroatoms. The van der Waals surface area contributed by atoms with Crippen molar-refractivity contribution in [1.29, 1.82) is 0 Å². The van der Waals surface area contributed by atoms with Crippen LogP contribution in [0, 0.1) is 0 Å². The number of methoxy groups -OCH3 is 1. The number of fused-ring (bicyclic) bond motifs is 3. The van der Waals surface area contributed by atoms with Gasteiger partial charge in [-0.1, -0.05) is 30.3 Å². The lowest BCUT2D eigenvalue weighted by molar-refractivity contribution is -0.140. The van der Waals surface area contributed by atoms with E-state index in [4.69, 9.17) is 0 Å². The van der Waals surface area contributed by atoms with Gasteiger partial charge >= 0.3 is 12.0 Å². The molecule has 0 bridgehead atoms. The second-order valence-corrected chi connectivity index (χ2v) is 8.17. The van der Waals surface area contributed by atoms with Crippen LogP contribution in [0.15, 0.2) is 71.8 Å². The van der Waals surface area contributed by atoms with Crippen molar-refractivity contribution in [2.24, 2.45) is 0 Å². The minimum atomic E-state index is -0.348. The number of aromatic nitrogens is 1. The van der Waals surface area contributed by atoms with Crippen molar-refractivity contribution in [2.45, 2.75) is 23.9 Å². The maximum Gasteiger partial charge on any atom is 0.318 e. The molecule has 6 nitrogen and oxygen atoms in total. The predicted octanol–water partition coefficient (Wildman–Crippen LogP) is 4.38. The molecule has 1 aliphatic rings.